The molecule has 0 aliphatic rings. The predicted molar refractivity (Wildman–Crippen MR) is 98.8 cm³/mol. The van der Waals surface area contributed by atoms with Gasteiger partial charge in [-0.3, -0.25) is 0 Å². The number of hydrogen-bond acceptors (Lipinski definition) is 2. The number of rotatable bonds is 6. The zero-order valence-corrected chi connectivity index (χ0v) is 16.0. The number of benzene rings is 1. The third-order valence-corrected chi connectivity index (χ3v) is 3.56. The molecular formula is C21H20F6O2. The van der Waals surface area contributed by atoms with Gasteiger partial charge in [0.2, 0.25) is 0 Å². The van der Waals surface area contributed by atoms with Gasteiger partial charge in [-0.15, -0.1) is 0 Å². The molecule has 0 atom stereocenters. The fourth-order valence-corrected chi connectivity index (χ4v) is 2.17. The molecule has 0 radical (unpaired) electrons. The van der Waals surface area contributed by atoms with Crippen LogP contribution in [-0.2, 0) is 21.9 Å². The quantitative estimate of drug-likeness (QED) is 0.221. The van der Waals surface area contributed by atoms with E-state index in [1.54, 1.807) is 39.0 Å². The summed E-state index contributed by atoms with van der Waals surface area (Å²) in [4.78, 5) is 11.3. The Kier molecular flexibility index (Phi) is 8.48. The maximum atomic E-state index is 13.1. The van der Waals surface area contributed by atoms with Crippen molar-refractivity contribution in [2.24, 2.45) is 0 Å². The Labute approximate surface area is 164 Å². The zero-order valence-electron chi connectivity index (χ0n) is 16.0. The summed E-state index contributed by atoms with van der Waals surface area (Å²) in [5.41, 5.74) is -1.93. The topological polar surface area (TPSA) is 26.3 Å². The highest BCUT2D eigenvalue weighted by atomic mass is 19.4. The van der Waals surface area contributed by atoms with Crippen LogP contribution >= 0.6 is 0 Å². The van der Waals surface area contributed by atoms with Crippen LogP contribution in [0, 0.1) is 0 Å². The fraction of sp³-hybridized carbons (Fsp3) is 0.286. The van der Waals surface area contributed by atoms with Crippen LogP contribution in [-0.4, -0.2) is 12.6 Å². The molecule has 0 bridgehead atoms. The molecule has 0 aromatic heterocycles. The summed E-state index contributed by atoms with van der Waals surface area (Å²) in [7, 11) is 0. The van der Waals surface area contributed by atoms with E-state index in [2.05, 4.69) is 0 Å². The molecule has 29 heavy (non-hydrogen) atoms. The number of carbonyl (C=O) groups is 1. The van der Waals surface area contributed by atoms with E-state index in [0.29, 0.717) is 17.2 Å². The van der Waals surface area contributed by atoms with Crippen molar-refractivity contribution in [1.82, 2.24) is 0 Å². The molecule has 0 unspecified atom stereocenters. The van der Waals surface area contributed by atoms with Gasteiger partial charge in [-0.1, -0.05) is 42.0 Å². The van der Waals surface area contributed by atoms with E-state index >= 15 is 0 Å². The van der Waals surface area contributed by atoms with E-state index in [-0.39, 0.29) is 18.2 Å². The van der Waals surface area contributed by atoms with Crippen molar-refractivity contribution in [2.45, 2.75) is 33.1 Å². The monoisotopic (exact) mass is 418 g/mol. The molecule has 1 aromatic rings. The number of halogens is 6. The lowest BCUT2D eigenvalue weighted by Gasteiger charge is -2.14. The van der Waals surface area contributed by atoms with Gasteiger partial charge in [0.15, 0.2) is 0 Å². The maximum absolute atomic E-state index is 13.1. The molecule has 0 heterocycles. The number of esters is 1. The van der Waals surface area contributed by atoms with Crippen LogP contribution in [0.2, 0.25) is 0 Å². The second kappa shape index (κ2) is 10.1. The number of ether oxygens (including phenoxy) is 1. The van der Waals surface area contributed by atoms with E-state index in [1.807, 2.05) is 0 Å². The molecule has 1 rings (SSSR count). The molecule has 0 aliphatic heterocycles. The molecule has 1 aromatic carbocycles. The third kappa shape index (κ3) is 8.41. The van der Waals surface area contributed by atoms with Gasteiger partial charge in [-0.2, -0.15) is 26.3 Å². The van der Waals surface area contributed by atoms with E-state index in [9.17, 15) is 31.1 Å². The zero-order chi connectivity index (χ0) is 22.2. The van der Waals surface area contributed by atoms with Gasteiger partial charge in [-0.05, 0) is 44.0 Å². The largest absolute Gasteiger partial charge is 0.463 e. The molecule has 158 valence electrons. The Morgan fingerprint density at radius 2 is 1.66 bits per heavy atom. The summed E-state index contributed by atoms with van der Waals surface area (Å²) in [5, 5.41) is 0. The Morgan fingerprint density at radius 1 is 1.00 bits per heavy atom. The molecule has 0 aliphatic carbocycles. The number of alkyl halides is 6. The number of hydrogen-bond donors (Lipinski definition) is 0. The molecule has 8 heteroatoms. The number of allylic oxidation sites excluding steroid dienone is 6. The van der Waals surface area contributed by atoms with Crippen molar-refractivity contribution in [1.29, 1.82) is 0 Å². The Balaban J connectivity index is 3.03. The van der Waals surface area contributed by atoms with Crippen molar-refractivity contribution >= 4 is 12.0 Å². The van der Waals surface area contributed by atoms with Crippen molar-refractivity contribution < 1.29 is 35.9 Å². The van der Waals surface area contributed by atoms with Crippen molar-refractivity contribution in [3.8, 4) is 0 Å². The van der Waals surface area contributed by atoms with Crippen LogP contribution in [0.4, 0.5) is 26.3 Å². The van der Waals surface area contributed by atoms with Gasteiger partial charge >= 0.3 is 18.3 Å². The summed E-state index contributed by atoms with van der Waals surface area (Å²) in [6, 6.07) is 1.50. The Morgan fingerprint density at radius 3 is 2.21 bits per heavy atom. The summed E-state index contributed by atoms with van der Waals surface area (Å²) >= 11 is 0. The average Bonchev–Trinajstić information content (AvgIpc) is 2.58. The lowest BCUT2D eigenvalue weighted by Crippen LogP contribution is -2.12. The van der Waals surface area contributed by atoms with Crippen LogP contribution < -0.4 is 0 Å². The van der Waals surface area contributed by atoms with Crippen LogP contribution in [0.15, 0.2) is 59.7 Å². The first-order valence-corrected chi connectivity index (χ1v) is 8.51. The predicted octanol–water partition coefficient (Wildman–Crippen LogP) is 6.75. The molecule has 0 amide bonds. The molecule has 0 N–H and O–H groups in total. The van der Waals surface area contributed by atoms with Crippen molar-refractivity contribution in [2.75, 3.05) is 6.61 Å². The van der Waals surface area contributed by atoms with E-state index in [1.165, 1.54) is 12.2 Å². The van der Waals surface area contributed by atoms with Crippen molar-refractivity contribution in [3.63, 3.8) is 0 Å². The molecule has 0 spiro atoms. The summed E-state index contributed by atoms with van der Waals surface area (Å²) < 4.78 is 82.2. The second-order valence-corrected chi connectivity index (χ2v) is 6.04. The SMILES string of the molecule is CCOC(=O)/C=C(C)/C=C/C=C(C)/C=C/c1ccc(C(F)(F)F)cc1C(F)(F)F. The third-order valence-electron chi connectivity index (χ3n) is 3.56. The molecule has 0 saturated heterocycles. The summed E-state index contributed by atoms with van der Waals surface area (Å²) in [5.74, 6) is -0.489. The highest BCUT2D eigenvalue weighted by Gasteiger charge is 2.37. The summed E-state index contributed by atoms with van der Waals surface area (Å²) in [6.45, 7) is 5.21. The van der Waals surface area contributed by atoms with Gasteiger partial charge in [0.25, 0.3) is 0 Å². The Hall–Kier alpha value is -2.77. The van der Waals surface area contributed by atoms with Crippen LogP contribution in [0.3, 0.4) is 0 Å². The lowest BCUT2D eigenvalue weighted by molar-refractivity contribution is -0.143. The lowest BCUT2D eigenvalue weighted by atomic mass is 10.0. The first kappa shape index (κ1) is 24.3. The molecule has 0 saturated carbocycles. The van der Waals surface area contributed by atoms with Crippen LogP contribution in [0.25, 0.3) is 6.08 Å². The van der Waals surface area contributed by atoms with E-state index < -0.39 is 29.4 Å². The van der Waals surface area contributed by atoms with Gasteiger partial charge in [0.05, 0.1) is 17.7 Å². The van der Waals surface area contributed by atoms with Gasteiger partial charge in [0, 0.05) is 6.08 Å². The minimum absolute atomic E-state index is 0.0994. The summed E-state index contributed by atoms with van der Waals surface area (Å²) in [6.07, 6.45) is -1.27. The number of carbonyl (C=O) groups excluding carboxylic acids is 1. The molecular weight excluding hydrogens is 398 g/mol. The smallest absolute Gasteiger partial charge is 0.417 e. The molecule has 2 nitrogen and oxygen atoms in total. The van der Waals surface area contributed by atoms with E-state index in [4.69, 9.17) is 4.74 Å². The Bertz CT molecular complexity index is 840. The van der Waals surface area contributed by atoms with Gasteiger partial charge in [0.1, 0.15) is 0 Å². The highest BCUT2D eigenvalue weighted by molar-refractivity contribution is 5.83. The standard InChI is InChI=1S/C21H20F6O2/c1-4-29-19(28)12-15(3)7-5-6-14(2)8-9-16-10-11-17(20(22,23)24)13-18(16)21(25,26)27/h5-13H,4H2,1-3H3/b7-5+,9-8+,14-6+,15-12+. The average molecular weight is 418 g/mol. The van der Waals surface area contributed by atoms with Crippen LogP contribution in [0.1, 0.15) is 37.5 Å². The van der Waals surface area contributed by atoms with Gasteiger partial charge < -0.3 is 4.74 Å². The molecule has 0 fully saturated rings. The first-order valence-electron chi connectivity index (χ1n) is 8.51. The fourth-order valence-electron chi connectivity index (χ4n) is 2.17. The minimum atomic E-state index is -4.92. The second-order valence-electron chi connectivity index (χ2n) is 6.04. The van der Waals surface area contributed by atoms with Crippen molar-refractivity contribution in [3.05, 3.63) is 76.4 Å². The highest BCUT2D eigenvalue weighted by Crippen LogP contribution is 2.37. The van der Waals surface area contributed by atoms with E-state index in [0.717, 1.165) is 12.1 Å². The minimum Gasteiger partial charge on any atom is -0.463 e. The normalized spacial score (nSPS) is 14.1. The van der Waals surface area contributed by atoms with Crippen LogP contribution in [0.5, 0.6) is 0 Å². The first-order chi connectivity index (χ1) is 13.3. The maximum Gasteiger partial charge on any atom is 0.417 e. The van der Waals surface area contributed by atoms with Gasteiger partial charge in [-0.25, -0.2) is 4.79 Å².